The van der Waals surface area contributed by atoms with Crippen LogP contribution in [0.15, 0.2) is 28.0 Å². The van der Waals surface area contributed by atoms with Crippen LogP contribution >= 0.6 is 10.7 Å². The number of nitrogens with one attached hydrogen (secondary N) is 1. The van der Waals surface area contributed by atoms with Crippen LogP contribution in [0.25, 0.3) is 0 Å². The van der Waals surface area contributed by atoms with E-state index in [1.807, 2.05) is 6.92 Å². The average Bonchev–Trinajstić information content (AvgIpc) is 3.05. The van der Waals surface area contributed by atoms with Gasteiger partial charge in [-0.2, -0.15) is 0 Å². The molecule has 5 nitrogen and oxygen atoms in total. The van der Waals surface area contributed by atoms with Gasteiger partial charge in [0.05, 0.1) is 4.90 Å². The zero-order valence-corrected chi connectivity index (χ0v) is 13.6. The van der Waals surface area contributed by atoms with Gasteiger partial charge < -0.3 is 0 Å². The largest absolute Gasteiger partial charge is 0.261 e. The summed E-state index contributed by atoms with van der Waals surface area (Å²) in [6.07, 6.45) is 2.61. The van der Waals surface area contributed by atoms with Gasteiger partial charge in [-0.05, 0) is 37.0 Å². The highest BCUT2D eigenvalue weighted by molar-refractivity contribution is 8.13. The van der Waals surface area contributed by atoms with Crippen LogP contribution in [0.1, 0.15) is 26.2 Å². The van der Waals surface area contributed by atoms with Crippen molar-refractivity contribution in [2.24, 2.45) is 5.92 Å². The van der Waals surface area contributed by atoms with E-state index in [9.17, 15) is 21.2 Å². The molecule has 118 valence electrons. The Bertz CT molecular complexity index is 749. The molecule has 1 saturated carbocycles. The van der Waals surface area contributed by atoms with E-state index in [4.69, 9.17) is 10.7 Å². The molecule has 1 aliphatic rings. The molecule has 0 amide bonds. The first-order valence-corrected chi connectivity index (χ1v) is 10.2. The van der Waals surface area contributed by atoms with Crippen LogP contribution in [-0.2, 0) is 19.1 Å². The molecule has 0 aliphatic heterocycles. The average molecular weight is 356 g/mol. The van der Waals surface area contributed by atoms with Gasteiger partial charge in [0.25, 0.3) is 9.05 Å². The van der Waals surface area contributed by atoms with Crippen LogP contribution in [0.5, 0.6) is 0 Å². The smallest absolute Gasteiger partial charge is 0.208 e. The molecule has 9 heteroatoms. The maximum absolute atomic E-state index is 13.8. The zero-order valence-electron chi connectivity index (χ0n) is 11.2. The highest BCUT2D eigenvalue weighted by Crippen LogP contribution is 2.36. The molecular formula is C12H15ClFNO4S2. The SMILES string of the molecule is CCCC1CC1NS(=O)(=O)c1ccc(S(=O)(=O)Cl)cc1F. The van der Waals surface area contributed by atoms with E-state index >= 15 is 0 Å². The monoisotopic (exact) mass is 355 g/mol. The molecule has 21 heavy (non-hydrogen) atoms. The molecule has 0 heterocycles. The molecule has 0 spiro atoms. The third-order valence-corrected chi connectivity index (χ3v) is 6.24. The molecular weight excluding hydrogens is 341 g/mol. The van der Waals surface area contributed by atoms with Gasteiger partial charge in [0.1, 0.15) is 10.7 Å². The van der Waals surface area contributed by atoms with Gasteiger partial charge in [0.2, 0.25) is 10.0 Å². The van der Waals surface area contributed by atoms with Crippen molar-refractivity contribution < 1.29 is 21.2 Å². The predicted octanol–water partition coefficient (Wildman–Crippen LogP) is 2.22. The summed E-state index contributed by atoms with van der Waals surface area (Å²) in [6.45, 7) is 2.01. The lowest BCUT2D eigenvalue weighted by molar-refractivity contribution is 0.549. The minimum Gasteiger partial charge on any atom is -0.208 e. The topological polar surface area (TPSA) is 80.3 Å². The molecule has 1 aliphatic carbocycles. The Morgan fingerprint density at radius 1 is 1.33 bits per heavy atom. The van der Waals surface area contributed by atoms with E-state index < -0.39 is 34.7 Å². The van der Waals surface area contributed by atoms with Crippen LogP contribution in [0.4, 0.5) is 4.39 Å². The van der Waals surface area contributed by atoms with Crippen molar-refractivity contribution in [1.82, 2.24) is 4.72 Å². The highest BCUT2D eigenvalue weighted by Gasteiger charge is 2.39. The van der Waals surface area contributed by atoms with E-state index in [0.29, 0.717) is 6.07 Å². The molecule has 1 N–H and O–H groups in total. The number of rotatable bonds is 6. The van der Waals surface area contributed by atoms with E-state index in [0.717, 1.165) is 31.4 Å². The lowest BCUT2D eigenvalue weighted by Crippen LogP contribution is -2.28. The summed E-state index contributed by atoms with van der Waals surface area (Å²) in [5.74, 6) is -0.854. The predicted molar refractivity (Wildman–Crippen MR) is 76.6 cm³/mol. The highest BCUT2D eigenvalue weighted by atomic mass is 35.7. The molecule has 0 saturated heterocycles. The van der Waals surface area contributed by atoms with Crippen LogP contribution < -0.4 is 4.72 Å². The molecule has 1 fully saturated rings. The van der Waals surface area contributed by atoms with Crippen molar-refractivity contribution in [2.75, 3.05) is 0 Å². The molecule has 0 bridgehead atoms. The lowest BCUT2D eigenvalue weighted by Gasteiger charge is -2.08. The molecule has 0 radical (unpaired) electrons. The normalized spacial score (nSPS) is 22.2. The first kappa shape index (κ1) is 16.7. The minimum absolute atomic E-state index is 0.175. The van der Waals surface area contributed by atoms with Crippen molar-refractivity contribution in [3.8, 4) is 0 Å². The van der Waals surface area contributed by atoms with Gasteiger partial charge >= 0.3 is 0 Å². The van der Waals surface area contributed by atoms with Crippen LogP contribution in [-0.4, -0.2) is 22.9 Å². The molecule has 2 unspecified atom stereocenters. The quantitative estimate of drug-likeness (QED) is 0.793. The molecule has 1 aromatic rings. The summed E-state index contributed by atoms with van der Waals surface area (Å²) in [6, 6.07) is 2.30. The van der Waals surface area contributed by atoms with Crippen molar-refractivity contribution in [2.45, 2.75) is 42.0 Å². The molecule has 2 rings (SSSR count). The Kier molecular flexibility index (Phi) is 4.63. The van der Waals surface area contributed by atoms with Crippen LogP contribution in [0, 0.1) is 11.7 Å². The van der Waals surface area contributed by atoms with Crippen LogP contribution in [0.2, 0.25) is 0 Å². The summed E-state index contributed by atoms with van der Waals surface area (Å²) < 4.78 is 62.6. The van der Waals surface area contributed by atoms with Gasteiger partial charge in [0, 0.05) is 16.7 Å². The number of halogens is 2. The van der Waals surface area contributed by atoms with Crippen molar-refractivity contribution in [3.05, 3.63) is 24.0 Å². The molecule has 2 atom stereocenters. The zero-order chi connectivity index (χ0) is 15.8. The Labute approximate surface area is 128 Å². The van der Waals surface area contributed by atoms with Gasteiger partial charge in [-0.25, -0.2) is 25.9 Å². The van der Waals surface area contributed by atoms with Crippen molar-refractivity contribution in [1.29, 1.82) is 0 Å². The van der Waals surface area contributed by atoms with Crippen LogP contribution in [0.3, 0.4) is 0 Å². The Morgan fingerprint density at radius 3 is 2.52 bits per heavy atom. The first-order valence-electron chi connectivity index (χ1n) is 6.41. The minimum atomic E-state index is -4.10. The maximum atomic E-state index is 13.8. The van der Waals surface area contributed by atoms with Crippen molar-refractivity contribution >= 4 is 29.8 Å². The maximum Gasteiger partial charge on any atom is 0.261 e. The fourth-order valence-corrected chi connectivity index (χ4v) is 4.34. The Morgan fingerprint density at radius 2 is 2.00 bits per heavy atom. The number of sulfonamides is 1. The molecule has 0 aromatic heterocycles. The second-order valence-electron chi connectivity index (χ2n) is 5.04. The van der Waals surface area contributed by atoms with E-state index in [-0.39, 0.29) is 12.0 Å². The summed E-state index contributed by atoms with van der Waals surface area (Å²) in [5, 5.41) is 0. The van der Waals surface area contributed by atoms with Gasteiger partial charge in [-0.15, -0.1) is 0 Å². The first-order chi connectivity index (χ1) is 9.65. The fourth-order valence-electron chi connectivity index (χ4n) is 2.20. The van der Waals surface area contributed by atoms with Crippen molar-refractivity contribution in [3.63, 3.8) is 0 Å². The van der Waals surface area contributed by atoms with E-state index in [1.165, 1.54) is 0 Å². The fraction of sp³-hybridized carbons (Fsp3) is 0.500. The van der Waals surface area contributed by atoms with Gasteiger partial charge in [-0.1, -0.05) is 13.3 Å². The summed E-state index contributed by atoms with van der Waals surface area (Å²) in [7, 11) is -3.02. The lowest BCUT2D eigenvalue weighted by atomic mass is 10.2. The summed E-state index contributed by atoms with van der Waals surface area (Å²) in [4.78, 5) is -1.05. The van der Waals surface area contributed by atoms with Gasteiger partial charge in [-0.3, -0.25) is 0 Å². The Hall–Kier alpha value is -0.700. The van der Waals surface area contributed by atoms with E-state index in [1.54, 1.807) is 0 Å². The van der Waals surface area contributed by atoms with E-state index in [2.05, 4.69) is 4.72 Å². The third kappa shape index (κ3) is 3.94. The molecule has 1 aromatic carbocycles. The standard InChI is InChI=1S/C12H15ClFNO4S2/c1-2-3-8-6-11(8)15-21(18,19)12-5-4-9(7-10(12)14)20(13,16)17/h4-5,7-8,11,15H,2-3,6H2,1H3. The summed E-state index contributed by atoms with van der Waals surface area (Å²) in [5.41, 5.74) is 0. The number of hydrogen-bond acceptors (Lipinski definition) is 4. The Balaban J connectivity index is 2.22. The second kappa shape index (κ2) is 5.83. The second-order valence-corrected chi connectivity index (χ2v) is 9.29. The number of benzene rings is 1. The number of hydrogen-bond donors (Lipinski definition) is 1. The summed E-state index contributed by atoms with van der Waals surface area (Å²) >= 11 is 0. The van der Waals surface area contributed by atoms with Gasteiger partial charge in [0.15, 0.2) is 0 Å². The third-order valence-electron chi connectivity index (χ3n) is 3.36.